The van der Waals surface area contributed by atoms with Crippen LogP contribution in [0.4, 0.5) is 4.39 Å². The van der Waals surface area contributed by atoms with Crippen molar-refractivity contribution in [2.75, 3.05) is 0 Å². The molecule has 0 N–H and O–H groups in total. The van der Waals surface area contributed by atoms with Gasteiger partial charge in [0.25, 0.3) is 0 Å². The van der Waals surface area contributed by atoms with Crippen molar-refractivity contribution >= 4 is 0 Å². The van der Waals surface area contributed by atoms with Gasteiger partial charge in [-0.2, -0.15) is 14.9 Å². The lowest BCUT2D eigenvalue weighted by Crippen LogP contribution is -2.13. The Morgan fingerprint density at radius 3 is 2.43 bits per heavy atom. The quantitative estimate of drug-likeness (QED) is 0.529. The van der Waals surface area contributed by atoms with E-state index in [9.17, 15) is 4.39 Å². The fourth-order valence-corrected chi connectivity index (χ4v) is 3.23. The van der Waals surface area contributed by atoms with Crippen LogP contribution in [-0.4, -0.2) is 0 Å². The minimum atomic E-state index is -0.746. The minimum Gasteiger partial charge on any atom is -0.195 e. The van der Waals surface area contributed by atoms with Crippen molar-refractivity contribution in [1.29, 1.82) is 10.5 Å². The topological polar surface area (TPSA) is 47.6 Å². The first-order valence-electron chi connectivity index (χ1n) is 8.15. The van der Waals surface area contributed by atoms with E-state index in [4.69, 9.17) is 10.5 Å². The molecule has 0 aromatic heterocycles. The summed E-state index contributed by atoms with van der Waals surface area (Å²) in [6.07, 6.45) is 11.7. The normalized spacial score (nSPS) is 21.8. The predicted octanol–water partition coefficient (Wildman–Crippen LogP) is 5.55. The molecule has 0 spiro atoms. The Bertz CT molecular complexity index is 636. The Morgan fingerprint density at radius 1 is 1.13 bits per heavy atom. The van der Waals surface area contributed by atoms with E-state index in [-0.39, 0.29) is 0 Å². The van der Waals surface area contributed by atoms with Crippen molar-refractivity contribution in [2.45, 2.75) is 44.4 Å². The zero-order valence-corrected chi connectivity index (χ0v) is 13.2. The van der Waals surface area contributed by atoms with E-state index < -0.39 is 5.83 Å². The molecule has 0 atom stereocenters. The fourth-order valence-electron chi connectivity index (χ4n) is 3.23. The van der Waals surface area contributed by atoms with Crippen molar-refractivity contribution in [3.63, 3.8) is 0 Å². The van der Waals surface area contributed by atoms with E-state index in [0.29, 0.717) is 5.92 Å². The molecule has 0 amide bonds. The molecule has 1 saturated carbocycles. The van der Waals surface area contributed by atoms with E-state index in [0.717, 1.165) is 24.3 Å². The molecule has 1 aromatic rings. The van der Waals surface area contributed by atoms with Crippen LogP contribution >= 0.6 is 0 Å². The summed E-state index contributed by atoms with van der Waals surface area (Å²) in [5.74, 6) is 0.602. The summed E-state index contributed by atoms with van der Waals surface area (Å²) in [5, 5.41) is 17.1. The Morgan fingerprint density at radius 2 is 1.83 bits per heavy atom. The fraction of sp³-hybridized carbons (Fsp3) is 0.400. The van der Waals surface area contributed by atoms with Crippen LogP contribution in [0.3, 0.4) is 0 Å². The van der Waals surface area contributed by atoms with Crippen molar-refractivity contribution in [3.05, 3.63) is 59.4 Å². The van der Waals surface area contributed by atoms with Crippen LogP contribution < -0.4 is 0 Å². The van der Waals surface area contributed by atoms with Gasteiger partial charge in [0.05, 0.1) is 11.6 Å². The predicted molar refractivity (Wildman–Crippen MR) is 89.0 cm³/mol. The third kappa shape index (κ3) is 5.38. The largest absolute Gasteiger partial charge is 0.199 e. The van der Waals surface area contributed by atoms with Gasteiger partial charge < -0.3 is 0 Å². The molecule has 2 nitrogen and oxygen atoms in total. The number of hydrogen-bond acceptors (Lipinski definition) is 2. The maximum Gasteiger partial charge on any atom is 0.199 e. The molecule has 0 aliphatic heterocycles. The number of benzene rings is 1. The number of halogens is 1. The molecule has 118 valence electrons. The lowest BCUT2D eigenvalue weighted by Gasteiger charge is -2.28. The van der Waals surface area contributed by atoms with Crippen LogP contribution in [0.15, 0.2) is 48.3 Å². The monoisotopic (exact) mass is 308 g/mol. The Balaban J connectivity index is 1.73. The highest BCUT2D eigenvalue weighted by Crippen LogP contribution is 2.37. The average molecular weight is 308 g/mol. The number of allylic oxidation sites excluding steroid dienone is 4. The SMILES string of the molecule is N#CC(F)=CC=CCC[C@H]1CC[C@H](c2ccc(C#N)cc2)CC1. The highest BCUT2D eigenvalue weighted by atomic mass is 19.1. The maximum atomic E-state index is 12.6. The van der Waals surface area contributed by atoms with Crippen LogP contribution in [0.5, 0.6) is 0 Å². The Hall–Kier alpha value is -2.39. The molecule has 1 aliphatic rings. The summed E-state index contributed by atoms with van der Waals surface area (Å²) < 4.78 is 12.6. The molecule has 0 radical (unpaired) electrons. The summed E-state index contributed by atoms with van der Waals surface area (Å²) in [6, 6.07) is 11.6. The summed E-state index contributed by atoms with van der Waals surface area (Å²) >= 11 is 0. The number of rotatable bonds is 5. The zero-order valence-electron chi connectivity index (χ0n) is 13.2. The standard InChI is InChI=1S/C20H21FN2/c21-20(15-23)5-3-1-2-4-16-6-10-18(11-7-16)19-12-8-17(14-22)9-13-19/h1,3,5,8-9,12-13,16,18H,2,4,6-7,10-11H2/t16-,18-. The van der Waals surface area contributed by atoms with Gasteiger partial charge in [-0.05, 0) is 74.1 Å². The Kier molecular flexibility index (Phi) is 6.57. The van der Waals surface area contributed by atoms with Gasteiger partial charge in [0.15, 0.2) is 5.83 Å². The van der Waals surface area contributed by atoms with Crippen molar-refractivity contribution in [3.8, 4) is 12.1 Å². The summed E-state index contributed by atoms with van der Waals surface area (Å²) in [7, 11) is 0. The first-order chi connectivity index (χ1) is 11.2. The molecular weight excluding hydrogens is 287 g/mol. The second-order valence-corrected chi connectivity index (χ2v) is 6.08. The van der Waals surface area contributed by atoms with Gasteiger partial charge in [0, 0.05) is 0 Å². The summed E-state index contributed by atoms with van der Waals surface area (Å²) in [4.78, 5) is 0. The number of nitrogens with zero attached hydrogens (tertiary/aromatic N) is 2. The van der Waals surface area contributed by atoms with Crippen molar-refractivity contribution in [2.24, 2.45) is 5.92 Å². The van der Waals surface area contributed by atoms with Gasteiger partial charge in [-0.1, -0.05) is 24.3 Å². The molecule has 0 heterocycles. The third-order valence-corrected chi connectivity index (χ3v) is 4.58. The van der Waals surface area contributed by atoms with E-state index >= 15 is 0 Å². The lowest BCUT2D eigenvalue weighted by molar-refractivity contribution is 0.312. The maximum absolute atomic E-state index is 12.6. The van der Waals surface area contributed by atoms with E-state index in [1.54, 1.807) is 6.08 Å². The lowest BCUT2D eigenvalue weighted by atomic mass is 9.77. The molecule has 0 bridgehead atoms. The molecule has 0 unspecified atom stereocenters. The van der Waals surface area contributed by atoms with Gasteiger partial charge >= 0.3 is 0 Å². The highest BCUT2D eigenvalue weighted by Gasteiger charge is 2.21. The first kappa shape index (κ1) is 17.0. The second kappa shape index (κ2) is 8.91. The van der Waals surface area contributed by atoms with E-state index in [1.807, 2.05) is 18.2 Å². The molecule has 23 heavy (non-hydrogen) atoms. The zero-order chi connectivity index (χ0) is 16.5. The van der Waals surface area contributed by atoms with Gasteiger partial charge in [0.2, 0.25) is 0 Å². The van der Waals surface area contributed by atoms with Gasteiger partial charge in [-0.3, -0.25) is 0 Å². The minimum absolute atomic E-state index is 0.613. The van der Waals surface area contributed by atoms with Gasteiger partial charge in [-0.15, -0.1) is 0 Å². The van der Waals surface area contributed by atoms with Crippen molar-refractivity contribution < 1.29 is 4.39 Å². The van der Waals surface area contributed by atoms with E-state index in [1.165, 1.54) is 43.4 Å². The second-order valence-electron chi connectivity index (χ2n) is 6.08. The van der Waals surface area contributed by atoms with Crippen LogP contribution in [0, 0.1) is 28.6 Å². The number of nitriles is 2. The van der Waals surface area contributed by atoms with E-state index in [2.05, 4.69) is 18.2 Å². The van der Waals surface area contributed by atoms with Gasteiger partial charge in [-0.25, -0.2) is 0 Å². The molecule has 1 aliphatic carbocycles. The van der Waals surface area contributed by atoms with Crippen LogP contribution in [0.2, 0.25) is 0 Å². The molecule has 1 fully saturated rings. The third-order valence-electron chi connectivity index (χ3n) is 4.58. The van der Waals surface area contributed by atoms with Crippen LogP contribution in [0.1, 0.15) is 55.6 Å². The summed E-state index contributed by atoms with van der Waals surface area (Å²) in [5.41, 5.74) is 2.07. The highest BCUT2D eigenvalue weighted by molar-refractivity contribution is 5.33. The summed E-state index contributed by atoms with van der Waals surface area (Å²) in [6.45, 7) is 0. The molecule has 3 heteroatoms. The van der Waals surface area contributed by atoms with Crippen LogP contribution in [0.25, 0.3) is 0 Å². The van der Waals surface area contributed by atoms with Crippen molar-refractivity contribution in [1.82, 2.24) is 0 Å². The molecule has 2 rings (SSSR count). The van der Waals surface area contributed by atoms with Gasteiger partial charge in [0.1, 0.15) is 6.07 Å². The Labute approximate surface area is 137 Å². The average Bonchev–Trinajstić information content (AvgIpc) is 2.62. The molecule has 0 saturated heterocycles. The molecule has 1 aromatic carbocycles. The molecular formula is C20H21FN2. The smallest absolute Gasteiger partial charge is 0.195 e. The van der Waals surface area contributed by atoms with Crippen LogP contribution in [-0.2, 0) is 0 Å². The first-order valence-corrected chi connectivity index (χ1v) is 8.15. The number of hydrogen-bond donors (Lipinski definition) is 0.